The minimum atomic E-state index is -0.103. The van der Waals surface area contributed by atoms with Crippen LogP contribution in [0, 0.1) is 0 Å². The van der Waals surface area contributed by atoms with E-state index < -0.39 is 0 Å². The number of thiocarbonyl (C=S) groups is 1. The Labute approximate surface area is 158 Å². The van der Waals surface area contributed by atoms with Gasteiger partial charge in [0.1, 0.15) is 4.99 Å². The van der Waals surface area contributed by atoms with Gasteiger partial charge in [0, 0.05) is 28.1 Å². The lowest BCUT2D eigenvalue weighted by Gasteiger charge is -2.19. The molecule has 130 valence electrons. The molecule has 3 nitrogen and oxygen atoms in total. The van der Waals surface area contributed by atoms with E-state index in [0.29, 0.717) is 16.6 Å². The highest BCUT2D eigenvalue weighted by Crippen LogP contribution is 2.34. The van der Waals surface area contributed by atoms with Crippen LogP contribution in [-0.2, 0) is 11.2 Å². The van der Waals surface area contributed by atoms with E-state index in [-0.39, 0.29) is 6.10 Å². The van der Waals surface area contributed by atoms with Crippen LogP contribution in [0.3, 0.4) is 0 Å². The molecule has 5 heteroatoms. The summed E-state index contributed by atoms with van der Waals surface area (Å²) >= 11 is 11.5. The second kappa shape index (κ2) is 8.00. The number of rotatable bonds is 7. The van der Waals surface area contributed by atoms with Crippen LogP contribution in [0.1, 0.15) is 36.3 Å². The Hall–Kier alpha value is -1.88. The summed E-state index contributed by atoms with van der Waals surface area (Å²) in [6, 6.07) is 16.1. The van der Waals surface area contributed by atoms with E-state index in [0.717, 1.165) is 35.0 Å². The molecular weight excluding hydrogens is 352 g/mol. The molecule has 1 heterocycles. The number of H-pyrrole nitrogens is 1. The molecule has 3 N–H and O–H groups in total. The number of hydrogen-bond donors (Lipinski definition) is 2. The third-order valence-corrected chi connectivity index (χ3v) is 4.71. The van der Waals surface area contributed by atoms with Crippen LogP contribution in [0.2, 0.25) is 5.02 Å². The zero-order valence-electron chi connectivity index (χ0n) is 14.1. The Kier molecular flexibility index (Phi) is 5.74. The van der Waals surface area contributed by atoms with Gasteiger partial charge in [0.05, 0.1) is 11.8 Å². The summed E-state index contributed by atoms with van der Waals surface area (Å²) in [5.41, 5.74) is 9.98. The van der Waals surface area contributed by atoms with Crippen LogP contribution in [0.25, 0.3) is 10.9 Å². The monoisotopic (exact) mass is 372 g/mol. The van der Waals surface area contributed by atoms with Crippen molar-refractivity contribution >= 4 is 39.7 Å². The van der Waals surface area contributed by atoms with Gasteiger partial charge in [0.25, 0.3) is 0 Å². The fourth-order valence-electron chi connectivity index (χ4n) is 3.17. The zero-order chi connectivity index (χ0) is 17.8. The Morgan fingerprint density at radius 2 is 2.00 bits per heavy atom. The van der Waals surface area contributed by atoms with Crippen LogP contribution in [0.15, 0.2) is 48.5 Å². The fourth-order valence-corrected chi connectivity index (χ4v) is 3.50. The summed E-state index contributed by atoms with van der Waals surface area (Å²) < 4.78 is 6.07. The van der Waals surface area contributed by atoms with E-state index in [9.17, 15) is 0 Å². The molecule has 25 heavy (non-hydrogen) atoms. The third-order valence-electron chi connectivity index (χ3n) is 4.28. The van der Waals surface area contributed by atoms with Gasteiger partial charge in [-0.05, 0) is 43.5 Å². The number of nitrogens with one attached hydrogen (secondary N) is 1. The number of halogens is 1. The average molecular weight is 373 g/mol. The lowest BCUT2D eigenvalue weighted by atomic mass is 9.98. The van der Waals surface area contributed by atoms with Crippen molar-refractivity contribution in [1.82, 2.24) is 4.98 Å². The quantitative estimate of drug-likeness (QED) is 0.563. The molecule has 0 aliphatic rings. The number of fused-ring (bicyclic) bond motifs is 1. The number of ether oxygens (including phenoxy) is 1. The predicted molar refractivity (Wildman–Crippen MR) is 108 cm³/mol. The Morgan fingerprint density at radius 1 is 1.24 bits per heavy atom. The van der Waals surface area contributed by atoms with Crippen molar-refractivity contribution in [2.75, 3.05) is 6.61 Å². The largest absolute Gasteiger partial charge is 0.388 e. The van der Waals surface area contributed by atoms with Gasteiger partial charge < -0.3 is 15.5 Å². The molecule has 0 aliphatic carbocycles. The molecular formula is C20H21ClN2OS. The van der Waals surface area contributed by atoms with Crippen LogP contribution in [0.4, 0.5) is 0 Å². The number of aromatic amines is 1. The van der Waals surface area contributed by atoms with Crippen molar-refractivity contribution in [3.05, 3.63) is 70.4 Å². The first-order valence-electron chi connectivity index (χ1n) is 8.36. The number of benzene rings is 2. The van der Waals surface area contributed by atoms with Gasteiger partial charge in [0.15, 0.2) is 0 Å². The van der Waals surface area contributed by atoms with E-state index in [1.165, 1.54) is 5.56 Å². The van der Waals surface area contributed by atoms with Gasteiger partial charge in [-0.25, -0.2) is 0 Å². The lowest BCUT2D eigenvalue weighted by molar-refractivity contribution is 0.0573. The Morgan fingerprint density at radius 3 is 2.68 bits per heavy atom. The van der Waals surface area contributed by atoms with Crippen LogP contribution < -0.4 is 5.73 Å². The minimum absolute atomic E-state index is 0.103. The summed E-state index contributed by atoms with van der Waals surface area (Å²) in [4.78, 5) is 3.66. The van der Waals surface area contributed by atoms with Crippen molar-refractivity contribution in [2.45, 2.75) is 25.9 Å². The number of aromatic nitrogens is 1. The molecule has 3 rings (SSSR count). The van der Waals surface area contributed by atoms with Gasteiger partial charge in [-0.1, -0.05) is 54.2 Å². The molecule has 0 aliphatic heterocycles. The average Bonchev–Trinajstić information content (AvgIpc) is 2.98. The van der Waals surface area contributed by atoms with Crippen LogP contribution in [-0.4, -0.2) is 16.6 Å². The van der Waals surface area contributed by atoms with E-state index in [2.05, 4.69) is 29.2 Å². The molecule has 0 saturated heterocycles. The van der Waals surface area contributed by atoms with Crippen LogP contribution in [0.5, 0.6) is 0 Å². The maximum absolute atomic E-state index is 6.22. The normalized spacial score (nSPS) is 12.4. The molecule has 0 radical (unpaired) electrons. The molecule has 0 saturated carbocycles. The lowest BCUT2D eigenvalue weighted by Crippen LogP contribution is -2.16. The summed E-state index contributed by atoms with van der Waals surface area (Å²) in [6.45, 7) is 2.61. The van der Waals surface area contributed by atoms with Crippen molar-refractivity contribution in [1.29, 1.82) is 0 Å². The van der Waals surface area contributed by atoms with Crippen molar-refractivity contribution in [3.8, 4) is 0 Å². The molecule has 3 aromatic rings. The maximum atomic E-state index is 6.22. The minimum Gasteiger partial charge on any atom is -0.388 e. The van der Waals surface area contributed by atoms with Crippen molar-refractivity contribution < 1.29 is 4.74 Å². The van der Waals surface area contributed by atoms with E-state index in [1.807, 2.05) is 31.2 Å². The van der Waals surface area contributed by atoms with Crippen LogP contribution >= 0.6 is 23.8 Å². The molecule has 0 spiro atoms. The number of hydrogen-bond acceptors (Lipinski definition) is 2. The fraction of sp³-hybridized carbons (Fsp3) is 0.250. The van der Waals surface area contributed by atoms with Gasteiger partial charge in [-0.3, -0.25) is 0 Å². The van der Waals surface area contributed by atoms with Gasteiger partial charge in [-0.15, -0.1) is 0 Å². The first-order chi connectivity index (χ1) is 12.1. The third kappa shape index (κ3) is 4.03. The summed E-state index contributed by atoms with van der Waals surface area (Å²) in [5, 5.41) is 1.70. The molecule has 1 unspecified atom stereocenters. The molecule has 0 fully saturated rings. The Bertz CT molecular complexity index is 876. The van der Waals surface area contributed by atoms with E-state index in [4.69, 9.17) is 34.3 Å². The highest BCUT2D eigenvalue weighted by molar-refractivity contribution is 7.80. The highest BCUT2D eigenvalue weighted by atomic mass is 35.5. The second-order valence-electron chi connectivity index (χ2n) is 5.94. The van der Waals surface area contributed by atoms with Gasteiger partial charge in [-0.2, -0.15) is 0 Å². The van der Waals surface area contributed by atoms with E-state index in [1.54, 1.807) is 0 Å². The number of nitrogens with two attached hydrogens (primary N) is 1. The standard InChI is InChI=1S/C20H21ClN2OS/c1-2-24-17(11-8-13-6-4-3-5-7-13)18-15-12-14(21)9-10-16(15)23-19(18)20(22)25/h3-7,9-10,12,17,23H,2,8,11H2,1H3,(H2,22,25). The van der Waals surface area contributed by atoms with Crippen molar-refractivity contribution in [3.63, 3.8) is 0 Å². The summed E-state index contributed by atoms with van der Waals surface area (Å²) in [5.74, 6) is 0. The summed E-state index contributed by atoms with van der Waals surface area (Å²) in [6.07, 6.45) is 1.65. The van der Waals surface area contributed by atoms with Gasteiger partial charge >= 0.3 is 0 Å². The molecule has 1 atom stereocenters. The predicted octanol–water partition coefficient (Wildman–Crippen LogP) is 5.17. The SMILES string of the molecule is CCOC(CCc1ccccc1)c1c(C(N)=S)[nH]c2ccc(Cl)cc12. The maximum Gasteiger partial charge on any atom is 0.120 e. The first kappa shape index (κ1) is 17.9. The summed E-state index contributed by atoms with van der Waals surface area (Å²) in [7, 11) is 0. The number of aryl methyl sites for hydroxylation is 1. The van der Waals surface area contributed by atoms with Gasteiger partial charge in [0.2, 0.25) is 0 Å². The molecule has 1 aromatic heterocycles. The van der Waals surface area contributed by atoms with E-state index >= 15 is 0 Å². The molecule has 0 bridgehead atoms. The zero-order valence-corrected chi connectivity index (χ0v) is 15.7. The Balaban J connectivity index is 2.00. The first-order valence-corrected chi connectivity index (χ1v) is 9.15. The highest BCUT2D eigenvalue weighted by Gasteiger charge is 2.23. The topological polar surface area (TPSA) is 51.0 Å². The molecule has 0 amide bonds. The molecule has 2 aromatic carbocycles. The van der Waals surface area contributed by atoms with Crippen molar-refractivity contribution in [2.24, 2.45) is 5.73 Å². The second-order valence-corrected chi connectivity index (χ2v) is 6.81. The smallest absolute Gasteiger partial charge is 0.120 e.